The normalized spacial score (nSPS) is 20.8. The maximum absolute atomic E-state index is 12.4. The number of carbonyl (C=O) groups excluding carboxylic acids is 1. The number of anilines is 2. The molecule has 3 atom stereocenters. The zero-order chi connectivity index (χ0) is 24.7. The van der Waals surface area contributed by atoms with Crippen molar-refractivity contribution in [3.05, 3.63) is 41.3 Å². The van der Waals surface area contributed by atoms with Crippen molar-refractivity contribution in [2.45, 2.75) is 51.7 Å². The first-order valence-corrected chi connectivity index (χ1v) is 11.8. The summed E-state index contributed by atoms with van der Waals surface area (Å²) in [7, 11) is 1.76. The standard InChI is InChI=1S/C26H28N6O3/c1-14-9-18(14)25(33)30-22-11-19-16(12-29-24(27-4)23(19)32-31-22)5-7-17-10-15-6-8-21(26(2,3)34)35-20(15)13-28-17/h10-14,18,21,34H,6,8-9H2,1-4H3,(H,27,29)(H,30,31,33)/t14-,18+,21+/m1/s1. The van der Waals surface area contributed by atoms with Crippen LogP contribution in [0.4, 0.5) is 11.6 Å². The van der Waals surface area contributed by atoms with Gasteiger partial charge in [0.1, 0.15) is 23.1 Å². The number of aliphatic hydroxyl groups is 1. The molecule has 5 rings (SSSR count). The molecule has 0 saturated heterocycles. The van der Waals surface area contributed by atoms with E-state index in [9.17, 15) is 9.90 Å². The van der Waals surface area contributed by atoms with Crippen LogP contribution < -0.4 is 15.4 Å². The van der Waals surface area contributed by atoms with E-state index >= 15 is 0 Å². The van der Waals surface area contributed by atoms with Gasteiger partial charge in [-0.15, -0.1) is 10.2 Å². The lowest BCUT2D eigenvalue weighted by Crippen LogP contribution is -2.42. The summed E-state index contributed by atoms with van der Waals surface area (Å²) < 4.78 is 5.94. The van der Waals surface area contributed by atoms with Crippen molar-refractivity contribution in [2.24, 2.45) is 11.8 Å². The predicted octanol–water partition coefficient (Wildman–Crippen LogP) is 2.92. The lowest BCUT2D eigenvalue weighted by atomic mass is 9.92. The Bertz CT molecular complexity index is 1370. The van der Waals surface area contributed by atoms with Gasteiger partial charge < -0.3 is 20.5 Å². The first kappa shape index (κ1) is 23.0. The number of nitrogens with zero attached hydrogens (tertiary/aromatic N) is 4. The minimum absolute atomic E-state index is 0.0333. The van der Waals surface area contributed by atoms with Gasteiger partial charge in [-0.05, 0) is 62.6 Å². The van der Waals surface area contributed by atoms with E-state index in [0.29, 0.717) is 40.1 Å². The zero-order valence-corrected chi connectivity index (χ0v) is 20.2. The average Bonchev–Trinajstić information content (AvgIpc) is 3.58. The molecule has 9 nitrogen and oxygen atoms in total. The Balaban J connectivity index is 1.44. The summed E-state index contributed by atoms with van der Waals surface area (Å²) in [6.07, 6.45) is 5.47. The number of hydrogen-bond acceptors (Lipinski definition) is 8. The minimum Gasteiger partial charge on any atom is -0.486 e. The van der Waals surface area contributed by atoms with Crippen LogP contribution in [0.25, 0.3) is 10.9 Å². The summed E-state index contributed by atoms with van der Waals surface area (Å²) in [5.41, 5.74) is 1.94. The van der Waals surface area contributed by atoms with Crippen molar-refractivity contribution in [1.29, 1.82) is 0 Å². The number of aryl methyl sites for hydroxylation is 1. The second kappa shape index (κ2) is 8.78. The molecule has 9 heteroatoms. The van der Waals surface area contributed by atoms with E-state index in [0.717, 1.165) is 30.2 Å². The molecule has 3 N–H and O–H groups in total. The minimum atomic E-state index is -0.915. The number of rotatable bonds is 4. The van der Waals surface area contributed by atoms with Crippen LogP contribution in [0.1, 0.15) is 50.4 Å². The summed E-state index contributed by atoms with van der Waals surface area (Å²) in [4.78, 5) is 21.2. The molecule has 1 amide bonds. The van der Waals surface area contributed by atoms with Crippen LogP contribution in [-0.2, 0) is 11.2 Å². The third-order valence-corrected chi connectivity index (χ3v) is 6.57. The molecule has 1 aliphatic carbocycles. The number of aromatic nitrogens is 4. The molecule has 1 saturated carbocycles. The van der Waals surface area contributed by atoms with Gasteiger partial charge in [-0.3, -0.25) is 4.79 Å². The monoisotopic (exact) mass is 472 g/mol. The Morgan fingerprint density at radius 1 is 1.20 bits per heavy atom. The van der Waals surface area contributed by atoms with Crippen LogP contribution in [0.5, 0.6) is 5.75 Å². The van der Waals surface area contributed by atoms with Crippen molar-refractivity contribution < 1.29 is 14.6 Å². The number of amides is 1. The highest BCUT2D eigenvalue weighted by atomic mass is 16.5. The maximum Gasteiger partial charge on any atom is 0.228 e. The molecule has 35 heavy (non-hydrogen) atoms. The molecule has 180 valence electrons. The number of fused-ring (bicyclic) bond motifs is 2. The van der Waals surface area contributed by atoms with Gasteiger partial charge in [0.05, 0.1) is 17.4 Å². The van der Waals surface area contributed by atoms with Crippen LogP contribution in [0, 0.1) is 23.7 Å². The summed E-state index contributed by atoms with van der Waals surface area (Å²) in [6.45, 7) is 5.56. The van der Waals surface area contributed by atoms with Crippen LogP contribution in [-0.4, -0.2) is 49.9 Å². The largest absolute Gasteiger partial charge is 0.486 e. The van der Waals surface area contributed by atoms with E-state index in [-0.39, 0.29) is 17.9 Å². The molecule has 0 aromatic carbocycles. The molecule has 4 heterocycles. The number of carbonyl (C=O) groups is 1. The first-order chi connectivity index (χ1) is 16.7. The van der Waals surface area contributed by atoms with E-state index in [1.165, 1.54) is 0 Å². The second-order valence-corrected chi connectivity index (χ2v) is 9.80. The molecule has 0 spiro atoms. The Labute approximate surface area is 203 Å². The van der Waals surface area contributed by atoms with E-state index in [2.05, 4.69) is 49.6 Å². The fraction of sp³-hybridized carbons (Fsp3) is 0.423. The highest BCUT2D eigenvalue weighted by Crippen LogP contribution is 2.38. The number of hydrogen-bond donors (Lipinski definition) is 3. The van der Waals surface area contributed by atoms with Gasteiger partial charge in [-0.25, -0.2) is 9.97 Å². The molecule has 1 fully saturated rings. The van der Waals surface area contributed by atoms with E-state index < -0.39 is 5.60 Å². The highest BCUT2D eigenvalue weighted by molar-refractivity contribution is 5.97. The molecule has 0 radical (unpaired) electrons. The fourth-order valence-electron chi connectivity index (χ4n) is 4.26. The third-order valence-electron chi connectivity index (χ3n) is 6.57. The predicted molar refractivity (Wildman–Crippen MR) is 132 cm³/mol. The lowest BCUT2D eigenvalue weighted by molar-refractivity contribution is -0.117. The van der Waals surface area contributed by atoms with E-state index in [1.807, 2.05) is 6.07 Å². The molecule has 3 aromatic heterocycles. The van der Waals surface area contributed by atoms with Crippen molar-refractivity contribution >= 4 is 28.4 Å². The van der Waals surface area contributed by atoms with Gasteiger partial charge in [-0.2, -0.15) is 0 Å². The number of pyridine rings is 2. The molecule has 1 aliphatic heterocycles. The Kier molecular flexibility index (Phi) is 5.77. The first-order valence-electron chi connectivity index (χ1n) is 11.8. The van der Waals surface area contributed by atoms with Gasteiger partial charge in [0, 0.05) is 24.5 Å². The average molecular weight is 473 g/mol. The number of ether oxygens (including phenoxy) is 1. The molecule has 0 unspecified atom stereocenters. The number of nitrogens with one attached hydrogen (secondary N) is 2. The zero-order valence-electron chi connectivity index (χ0n) is 20.2. The second-order valence-electron chi connectivity index (χ2n) is 9.80. The molecule has 3 aromatic rings. The van der Waals surface area contributed by atoms with Crippen molar-refractivity contribution in [2.75, 3.05) is 17.7 Å². The summed E-state index contributed by atoms with van der Waals surface area (Å²) in [6, 6.07) is 3.70. The summed E-state index contributed by atoms with van der Waals surface area (Å²) >= 11 is 0. The fourth-order valence-corrected chi connectivity index (χ4v) is 4.26. The Morgan fingerprint density at radius 3 is 2.71 bits per heavy atom. The van der Waals surface area contributed by atoms with Crippen LogP contribution in [0.15, 0.2) is 24.5 Å². The summed E-state index contributed by atoms with van der Waals surface area (Å²) in [5, 5.41) is 25.3. The quantitative estimate of drug-likeness (QED) is 0.496. The van der Waals surface area contributed by atoms with Gasteiger partial charge in [0.2, 0.25) is 5.91 Å². The van der Waals surface area contributed by atoms with Crippen molar-refractivity contribution in [3.8, 4) is 17.6 Å². The smallest absolute Gasteiger partial charge is 0.228 e. The molecule has 2 aliphatic rings. The van der Waals surface area contributed by atoms with Gasteiger partial charge in [0.25, 0.3) is 0 Å². The van der Waals surface area contributed by atoms with Crippen molar-refractivity contribution in [3.63, 3.8) is 0 Å². The van der Waals surface area contributed by atoms with E-state index in [4.69, 9.17) is 4.74 Å². The van der Waals surface area contributed by atoms with E-state index in [1.54, 1.807) is 39.4 Å². The third kappa shape index (κ3) is 4.75. The molecule has 0 bridgehead atoms. The van der Waals surface area contributed by atoms with Crippen LogP contribution in [0.2, 0.25) is 0 Å². The topological polar surface area (TPSA) is 122 Å². The molecular weight excluding hydrogens is 444 g/mol. The maximum atomic E-state index is 12.4. The van der Waals surface area contributed by atoms with Crippen LogP contribution in [0.3, 0.4) is 0 Å². The lowest BCUT2D eigenvalue weighted by Gasteiger charge is -2.33. The Hall–Kier alpha value is -3.77. The van der Waals surface area contributed by atoms with Gasteiger partial charge in [0.15, 0.2) is 11.6 Å². The molecular formula is C26H28N6O3. The van der Waals surface area contributed by atoms with Crippen LogP contribution >= 0.6 is 0 Å². The summed E-state index contributed by atoms with van der Waals surface area (Å²) in [5.74, 6) is 8.33. The van der Waals surface area contributed by atoms with Gasteiger partial charge >= 0.3 is 0 Å². The van der Waals surface area contributed by atoms with Crippen molar-refractivity contribution in [1.82, 2.24) is 20.2 Å². The highest BCUT2D eigenvalue weighted by Gasteiger charge is 2.39. The SMILES string of the molecule is CNc1ncc(C#Cc2cc3c(cn2)O[C@H](C(C)(C)O)CC3)c2cc(NC(=O)[C@H]3C[C@H]3C)nnc12. The van der Waals surface area contributed by atoms with Gasteiger partial charge in [-0.1, -0.05) is 12.8 Å². The Morgan fingerprint density at radius 2 is 2.00 bits per heavy atom.